The highest BCUT2D eigenvalue weighted by molar-refractivity contribution is 7.92. The molecule has 1 aliphatic heterocycles. The molecule has 0 aliphatic carbocycles. The van der Waals surface area contributed by atoms with Crippen LogP contribution in [0.1, 0.15) is 76.9 Å². The topological polar surface area (TPSA) is 54.5 Å². The Kier molecular flexibility index (Phi) is 5.87. The van der Waals surface area contributed by atoms with E-state index in [4.69, 9.17) is 0 Å². The van der Waals surface area contributed by atoms with Crippen LogP contribution < -0.4 is 0 Å². The normalized spacial score (nSPS) is 16.6. The van der Waals surface area contributed by atoms with E-state index in [-0.39, 0.29) is 28.4 Å². The molecule has 0 saturated carbocycles. The van der Waals surface area contributed by atoms with Crippen molar-refractivity contribution in [2.75, 3.05) is 18.8 Å². The molecule has 1 saturated heterocycles. The molecule has 0 unspecified atom stereocenters. The van der Waals surface area contributed by atoms with Gasteiger partial charge < -0.3 is 4.90 Å². The first kappa shape index (κ1) is 21.9. The summed E-state index contributed by atoms with van der Waals surface area (Å²) >= 11 is 0. The van der Waals surface area contributed by atoms with Crippen LogP contribution in [0, 0.1) is 5.92 Å². The Bertz CT molecular complexity index is 773. The van der Waals surface area contributed by atoms with Gasteiger partial charge in [0.15, 0.2) is 9.84 Å². The zero-order valence-corrected chi connectivity index (χ0v) is 18.9. The number of nitrogens with zero attached hydrogens (tertiary/aromatic N) is 1. The number of rotatable bonds is 4. The molecule has 1 fully saturated rings. The Morgan fingerprint density at radius 3 is 1.81 bits per heavy atom. The van der Waals surface area contributed by atoms with E-state index in [0.717, 1.165) is 11.1 Å². The molecule has 0 aromatic heterocycles. The second-order valence-corrected chi connectivity index (χ2v) is 12.7. The van der Waals surface area contributed by atoms with Crippen LogP contribution in [0.2, 0.25) is 0 Å². The lowest BCUT2D eigenvalue weighted by atomic mass is 9.79. The summed E-state index contributed by atoms with van der Waals surface area (Å²) in [7, 11) is -3.13. The first-order valence-electron chi connectivity index (χ1n) is 9.78. The van der Waals surface area contributed by atoms with Gasteiger partial charge in [0.05, 0.1) is 11.0 Å². The summed E-state index contributed by atoms with van der Waals surface area (Å²) in [5.74, 6) is 0.230. The largest absolute Gasteiger partial charge is 0.336 e. The fraction of sp³-hybridized carbons (Fsp3) is 0.682. The minimum Gasteiger partial charge on any atom is -0.336 e. The zero-order valence-electron chi connectivity index (χ0n) is 18.1. The van der Waals surface area contributed by atoms with E-state index in [1.165, 1.54) is 0 Å². The minimum absolute atomic E-state index is 0.0611. The van der Waals surface area contributed by atoms with E-state index in [9.17, 15) is 13.2 Å². The number of benzene rings is 1. The number of hydrogen-bond acceptors (Lipinski definition) is 3. The van der Waals surface area contributed by atoms with Crippen LogP contribution in [0.4, 0.5) is 0 Å². The van der Waals surface area contributed by atoms with Gasteiger partial charge in [-0.05, 0) is 40.0 Å². The van der Waals surface area contributed by atoms with Crippen LogP contribution in [-0.2, 0) is 20.7 Å². The van der Waals surface area contributed by atoms with Gasteiger partial charge in [-0.1, -0.05) is 61.5 Å². The van der Waals surface area contributed by atoms with Crippen molar-refractivity contribution in [1.82, 2.24) is 4.90 Å². The maximum absolute atomic E-state index is 13.0. The fourth-order valence-electron chi connectivity index (χ4n) is 3.23. The molecule has 0 spiro atoms. The molecule has 1 aliphatic rings. The molecular formula is C22H35NO3S. The van der Waals surface area contributed by atoms with Crippen LogP contribution in [0.25, 0.3) is 0 Å². The summed E-state index contributed by atoms with van der Waals surface area (Å²) in [6.07, 6.45) is 0. The van der Waals surface area contributed by atoms with Gasteiger partial charge in [0.25, 0.3) is 5.91 Å². The maximum Gasteiger partial charge on any atom is 0.253 e. The second-order valence-electron chi connectivity index (χ2n) is 10.4. The van der Waals surface area contributed by atoms with E-state index in [2.05, 4.69) is 47.6 Å². The van der Waals surface area contributed by atoms with E-state index < -0.39 is 15.1 Å². The summed E-state index contributed by atoms with van der Waals surface area (Å²) in [6.45, 7) is 17.3. The monoisotopic (exact) mass is 393 g/mol. The lowest BCUT2D eigenvalue weighted by Crippen LogP contribution is -2.57. The summed E-state index contributed by atoms with van der Waals surface area (Å²) in [4.78, 5) is 14.7. The molecule has 27 heavy (non-hydrogen) atoms. The maximum atomic E-state index is 13.0. The van der Waals surface area contributed by atoms with Gasteiger partial charge in [-0.3, -0.25) is 4.79 Å². The Morgan fingerprint density at radius 1 is 1.00 bits per heavy atom. The highest BCUT2D eigenvalue weighted by atomic mass is 32.2. The van der Waals surface area contributed by atoms with Crippen molar-refractivity contribution in [3.63, 3.8) is 0 Å². The Morgan fingerprint density at radius 2 is 1.44 bits per heavy atom. The molecule has 1 aromatic rings. The van der Waals surface area contributed by atoms with Crippen LogP contribution >= 0.6 is 0 Å². The zero-order chi connectivity index (χ0) is 20.8. The van der Waals surface area contributed by atoms with Crippen LogP contribution in [-0.4, -0.2) is 43.3 Å². The number of sulfone groups is 1. The molecular weight excluding hydrogens is 358 g/mol. The first-order valence-corrected chi connectivity index (χ1v) is 11.5. The van der Waals surface area contributed by atoms with Crippen molar-refractivity contribution < 1.29 is 13.2 Å². The number of carbonyl (C=O) groups is 1. The van der Waals surface area contributed by atoms with Crippen molar-refractivity contribution >= 4 is 15.7 Å². The van der Waals surface area contributed by atoms with Gasteiger partial charge in [0.2, 0.25) is 0 Å². The lowest BCUT2D eigenvalue weighted by Gasteiger charge is -2.39. The molecule has 0 N–H and O–H groups in total. The van der Waals surface area contributed by atoms with Crippen molar-refractivity contribution in [2.24, 2.45) is 5.92 Å². The van der Waals surface area contributed by atoms with Gasteiger partial charge in [-0.2, -0.15) is 0 Å². The summed E-state index contributed by atoms with van der Waals surface area (Å²) in [5, 5.41) is -0.420. The lowest BCUT2D eigenvalue weighted by molar-refractivity contribution is 0.0658. The number of amides is 1. The Labute approximate surface area is 165 Å². The molecule has 0 atom stereocenters. The average Bonchev–Trinajstić information content (AvgIpc) is 2.41. The number of carbonyl (C=O) groups excluding carboxylic acids is 1. The predicted molar refractivity (Wildman–Crippen MR) is 112 cm³/mol. The van der Waals surface area contributed by atoms with Crippen molar-refractivity contribution in [3.8, 4) is 0 Å². The quantitative estimate of drug-likeness (QED) is 0.771. The summed E-state index contributed by atoms with van der Waals surface area (Å²) < 4.78 is 24.7. The molecule has 0 radical (unpaired) electrons. The molecule has 0 bridgehead atoms. The van der Waals surface area contributed by atoms with Crippen LogP contribution in [0.3, 0.4) is 0 Å². The number of likely N-dealkylation sites (tertiary alicyclic amines) is 1. The van der Waals surface area contributed by atoms with E-state index in [1.807, 2.05) is 26.0 Å². The smallest absolute Gasteiger partial charge is 0.253 e. The predicted octanol–water partition coefficient (Wildman–Crippen LogP) is 4.18. The molecule has 4 nitrogen and oxygen atoms in total. The van der Waals surface area contributed by atoms with E-state index in [1.54, 1.807) is 4.90 Å². The number of hydrogen-bond donors (Lipinski definition) is 0. The molecule has 1 amide bonds. The van der Waals surface area contributed by atoms with Gasteiger partial charge in [0, 0.05) is 18.7 Å². The first-order chi connectivity index (χ1) is 12.1. The Hall–Kier alpha value is -1.36. The van der Waals surface area contributed by atoms with E-state index >= 15 is 0 Å². The summed E-state index contributed by atoms with van der Waals surface area (Å²) in [5.41, 5.74) is 2.79. The third kappa shape index (κ3) is 5.13. The SMILES string of the molecule is CC(C)CS(=O)(=O)C1CN(C(=O)c2cc(C(C)(C)C)cc(C(C)(C)C)c2)C1. The molecule has 2 rings (SSSR count). The fourth-order valence-corrected chi connectivity index (χ4v) is 5.25. The highest BCUT2D eigenvalue weighted by Gasteiger charge is 2.40. The van der Waals surface area contributed by atoms with E-state index in [0.29, 0.717) is 18.7 Å². The second kappa shape index (κ2) is 7.23. The van der Waals surface area contributed by atoms with Crippen molar-refractivity contribution in [2.45, 2.75) is 71.5 Å². The van der Waals surface area contributed by atoms with Crippen LogP contribution in [0.15, 0.2) is 18.2 Å². The Balaban J connectivity index is 2.25. The highest BCUT2D eigenvalue weighted by Crippen LogP contribution is 2.31. The third-order valence-corrected chi connectivity index (χ3v) is 7.57. The van der Waals surface area contributed by atoms with Gasteiger partial charge >= 0.3 is 0 Å². The van der Waals surface area contributed by atoms with Gasteiger partial charge in [-0.15, -0.1) is 0 Å². The minimum atomic E-state index is -3.13. The van der Waals surface area contributed by atoms with Crippen LogP contribution in [0.5, 0.6) is 0 Å². The van der Waals surface area contributed by atoms with Crippen molar-refractivity contribution in [3.05, 3.63) is 34.9 Å². The van der Waals surface area contributed by atoms with Gasteiger partial charge in [-0.25, -0.2) is 8.42 Å². The standard InChI is InChI=1S/C22H35NO3S/c1-15(2)14-27(25,26)19-12-23(13-19)20(24)16-9-17(21(3,4)5)11-18(10-16)22(6,7)8/h9-11,15,19H,12-14H2,1-8H3. The van der Waals surface area contributed by atoms with Gasteiger partial charge in [0.1, 0.15) is 0 Å². The average molecular weight is 394 g/mol. The summed E-state index contributed by atoms with van der Waals surface area (Å²) in [6, 6.07) is 6.11. The molecule has 152 valence electrons. The third-order valence-electron chi connectivity index (χ3n) is 5.12. The molecule has 5 heteroatoms. The van der Waals surface area contributed by atoms with Crippen molar-refractivity contribution in [1.29, 1.82) is 0 Å². The molecule has 1 aromatic carbocycles. The molecule has 1 heterocycles.